The number of hydroxylamine groups is 2. The van der Waals surface area contributed by atoms with Crippen LogP contribution in [0, 0.1) is 17.8 Å². The standard InChI is InChI=1S/C45H70N8O13/c1-25(2)22-30-18-19-45(63,66-28(30)6)44(7,62)43(61)49-35-36(26(3)4)65-42(60)31(24-54)48-37(55)32-16-12-20-46-51(32)39(57)34(23-29-14-10-9-11-15-29)50(8)38(56)27(5)53(64)40(58)33-17-13-21-47-52(33)41(35)59/h9-11,14-15,25-28,30-36,46-47,54,62-64H,12-13,16-24H2,1-8H3,(H,48,55)(H,49,61)/t27-,28?,30?,31?,32-,33-,34?,35-,36-,44?,45?/m0/s1. The molecule has 0 radical (unpaired) electrons. The van der Waals surface area contributed by atoms with Crippen molar-refractivity contribution in [3.05, 3.63) is 35.9 Å². The van der Waals surface area contributed by atoms with Gasteiger partial charge in [0.2, 0.25) is 17.6 Å². The lowest BCUT2D eigenvalue weighted by Gasteiger charge is -2.47. The number of nitrogens with one attached hydrogen (secondary N) is 4. The highest BCUT2D eigenvalue weighted by molar-refractivity contribution is 5.97. The van der Waals surface area contributed by atoms with Crippen LogP contribution in [0.25, 0.3) is 0 Å². The summed E-state index contributed by atoms with van der Waals surface area (Å²) in [7, 11) is 1.33. The molecule has 4 fully saturated rings. The summed E-state index contributed by atoms with van der Waals surface area (Å²) in [6, 6.07) is -0.640. The van der Waals surface area contributed by atoms with Crippen LogP contribution in [0.4, 0.5) is 0 Å². The summed E-state index contributed by atoms with van der Waals surface area (Å²) >= 11 is 0. The van der Waals surface area contributed by atoms with Gasteiger partial charge >= 0.3 is 5.97 Å². The Morgan fingerprint density at radius 1 is 0.909 bits per heavy atom. The number of fused-ring (bicyclic) bond motifs is 2. The van der Waals surface area contributed by atoms with Crippen molar-refractivity contribution in [2.24, 2.45) is 17.8 Å². The van der Waals surface area contributed by atoms with Gasteiger partial charge in [0.1, 0.15) is 36.3 Å². The third kappa shape index (κ3) is 11.3. The molecule has 5 rings (SSSR count). The Morgan fingerprint density at radius 2 is 1.52 bits per heavy atom. The highest BCUT2D eigenvalue weighted by atomic mass is 16.6. The molecule has 66 heavy (non-hydrogen) atoms. The number of carbonyl (C=O) groups is 7. The van der Waals surface area contributed by atoms with Crippen molar-refractivity contribution in [2.75, 3.05) is 26.7 Å². The number of amides is 6. The van der Waals surface area contributed by atoms with Gasteiger partial charge in [-0.25, -0.2) is 20.7 Å². The summed E-state index contributed by atoms with van der Waals surface area (Å²) in [5, 5.41) is 52.8. The summed E-state index contributed by atoms with van der Waals surface area (Å²) in [4.78, 5) is 102. The van der Waals surface area contributed by atoms with Crippen LogP contribution in [0.1, 0.15) is 99.0 Å². The molecule has 1 aromatic carbocycles. The number of likely N-dealkylation sites (N-methyl/N-ethyl adjacent to an activating group) is 1. The predicted octanol–water partition coefficient (Wildman–Crippen LogP) is -0.502. The van der Waals surface area contributed by atoms with Crippen molar-refractivity contribution in [1.82, 2.24) is 41.5 Å². The zero-order chi connectivity index (χ0) is 48.8. The van der Waals surface area contributed by atoms with E-state index in [0.29, 0.717) is 30.7 Å². The maximum absolute atomic E-state index is 15.0. The Bertz CT molecular complexity index is 1920. The van der Waals surface area contributed by atoms with Crippen LogP contribution in [0.15, 0.2) is 30.3 Å². The predicted molar refractivity (Wildman–Crippen MR) is 235 cm³/mol. The number of rotatable bonds is 9. The van der Waals surface area contributed by atoms with Gasteiger partial charge in [-0.1, -0.05) is 58.0 Å². The van der Waals surface area contributed by atoms with Crippen LogP contribution in [-0.4, -0.2) is 169 Å². The van der Waals surface area contributed by atoms with Gasteiger partial charge in [-0.15, -0.1) is 0 Å². The second kappa shape index (κ2) is 21.9. The molecule has 0 bridgehead atoms. The molecule has 6 unspecified atom stereocenters. The lowest BCUT2D eigenvalue weighted by molar-refractivity contribution is -0.326. The van der Waals surface area contributed by atoms with E-state index in [0.717, 1.165) is 28.3 Å². The van der Waals surface area contributed by atoms with E-state index in [2.05, 4.69) is 21.5 Å². The van der Waals surface area contributed by atoms with Crippen molar-refractivity contribution in [2.45, 2.75) is 160 Å². The van der Waals surface area contributed by atoms with Gasteiger partial charge in [0.25, 0.3) is 23.6 Å². The number of esters is 1. The molecule has 4 saturated heterocycles. The van der Waals surface area contributed by atoms with Gasteiger partial charge in [0.15, 0.2) is 11.6 Å². The lowest BCUT2D eigenvalue weighted by Crippen LogP contribution is -2.70. The number of carbonyl (C=O) groups excluding carboxylic acids is 7. The fourth-order valence-electron chi connectivity index (χ4n) is 9.20. The van der Waals surface area contributed by atoms with E-state index in [1.165, 1.54) is 14.0 Å². The van der Waals surface area contributed by atoms with Gasteiger partial charge in [-0.3, -0.25) is 44.0 Å². The molecule has 21 nitrogen and oxygen atoms in total. The summed E-state index contributed by atoms with van der Waals surface area (Å²) in [5.74, 6) is -10.1. The average molecular weight is 931 g/mol. The highest BCUT2D eigenvalue weighted by Gasteiger charge is 2.57. The Kier molecular flexibility index (Phi) is 17.3. The monoisotopic (exact) mass is 931 g/mol. The first-order chi connectivity index (χ1) is 31.0. The van der Waals surface area contributed by atoms with Crippen molar-refractivity contribution in [3.8, 4) is 0 Å². The number of hydrazine groups is 2. The molecule has 11 atom stereocenters. The Labute approximate surface area is 385 Å². The molecule has 4 aliphatic rings. The van der Waals surface area contributed by atoms with Crippen LogP contribution in [0.5, 0.6) is 0 Å². The third-order valence-corrected chi connectivity index (χ3v) is 13.3. The Morgan fingerprint density at radius 3 is 2.09 bits per heavy atom. The van der Waals surface area contributed by atoms with E-state index < -0.39 is 114 Å². The molecular formula is C45H70N8O13. The highest BCUT2D eigenvalue weighted by Crippen LogP contribution is 2.40. The van der Waals surface area contributed by atoms with E-state index in [1.54, 1.807) is 51.1 Å². The first-order valence-corrected chi connectivity index (χ1v) is 23.0. The Hall–Kier alpha value is -4.77. The van der Waals surface area contributed by atoms with E-state index in [4.69, 9.17) is 9.47 Å². The van der Waals surface area contributed by atoms with Crippen LogP contribution in [-0.2, 0) is 49.5 Å². The first-order valence-electron chi connectivity index (χ1n) is 23.0. The third-order valence-electron chi connectivity index (χ3n) is 13.3. The second-order valence-electron chi connectivity index (χ2n) is 19.0. The Balaban J connectivity index is 1.58. The zero-order valence-corrected chi connectivity index (χ0v) is 39.3. The fourth-order valence-corrected chi connectivity index (χ4v) is 9.20. The minimum absolute atomic E-state index is 0.0133. The maximum Gasteiger partial charge on any atom is 0.331 e. The number of hydrogen-bond donors (Lipinski definition) is 8. The summed E-state index contributed by atoms with van der Waals surface area (Å²) in [6.45, 7) is 10.6. The van der Waals surface area contributed by atoms with Gasteiger partial charge in [-0.2, -0.15) is 0 Å². The number of benzene rings is 1. The molecule has 368 valence electrons. The summed E-state index contributed by atoms with van der Waals surface area (Å²) < 4.78 is 11.9. The summed E-state index contributed by atoms with van der Waals surface area (Å²) in [5.41, 5.74) is 3.71. The van der Waals surface area contributed by atoms with Crippen LogP contribution < -0.4 is 21.5 Å². The molecule has 0 aliphatic carbocycles. The largest absolute Gasteiger partial charge is 0.458 e. The number of aliphatic hydroxyl groups excluding tert-OH is 1. The molecule has 4 aliphatic heterocycles. The normalized spacial score (nSPS) is 32.4. The summed E-state index contributed by atoms with van der Waals surface area (Å²) in [6.07, 6.45) is -0.464. The maximum atomic E-state index is 15.0. The number of aliphatic hydroxyl groups is 3. The van der Waals surface area contributed by atoms with Gasteiger partial charge < -0.3 is 40.3 Å². The quantitative estimate of drug-likeness (QED) is 0.115. The number of nitrogens with zero attached hydrogens (tertiary/aromatic N) is 4. The van der Waals surface area contributed by atoms with Crippen LogP contribution >= 0.6 is 0 Å². The molecule has 0 spiro atoms. The molecule has 21 heteroatoms. The molecule has 0 aromatic heterocycles. The van der Waals surface area contributed by atoms with Crippen LogP contribution in [0.2, 0.25) is 0 Å². The van der Waals surface area contributed by atoms with Gasteiger partial charge in [-0.05, 0) is 82.6 Å². The van der Waals surface area contributed by atoms with E-state index in [9.17, 15) is 49.3 Å². The number of cyclic esters (lactones) is 1. The van der Waals surface area contributed by atoms with E-state index in [1.807, 2.05) is 13.8 Å². The molecule has 8 N–H and O–H groups in total. The minimum atomic E-state index is -2.72. The molecule has 4 heterocycles. The average Bonchev–Trinajstić information content (AvgIpc) is 3.29. The van der Waals surface area contributed by atoms with Crippen molar-refractivity contribution < 1.29 is 63.6 Å². The smallest absolute Gasteiger partial charge is 0.331 e. The second-order valence-corrected chi connectivity index (χ2v) is 19.0. The van der Waals surface area contributed by atoms with Crippen LogP contribution in [0.3, 0.4) is 0 Å². The van der Waals surface area contributed by atoms with Gasteiger partial charge in [0, 0.05) is 33.0 Å². The number of hydrogen-bond acceptors (Lipinski definition) is 15. The SMILES string of the molecule is CC(C)CC1CCC(O)(C(C)(O)C(=O)N[C@@H]2C(=O)N3NCCC[C@H]3C(=O)N(O)[C@@H](C)C(=O)N(C)C(Cc3ccccc3)C(=O)N3NCCC[C@H]3C(=O)NC(CO)C(=O)O[C@H]2C(C)C)OC1C. The van der Waals surface area contributed by atoms with Crippen molar-refractivity contribution in [3.63, 3.8) is 0 Å². The minimum Gasteiger partial charge on any atom is -0.458 e. The molecule has 0 saturated carbocycles. The van der Waals surface area contributed by atoms with Gasteiger partial charge in [0.05, 0.1) is 12.7 Å². The zero-order valence-electron chi connectivity index (χ0n) is 39.3. The lowest BCUT2D eigenvalue weighted by atomic mass is 9.79. The number of ether oxygens (including phenoxy) is 2. The van der Waals surface area contributed by atoms with Crippen molar-refractivity contribution >= 4 is 41.4 Å². The van der Waals surface area contributed by atoms with Crippen molar-refractivity contribution in [1.29, 1.82) is 0 Å². The van der Waals surface area contributed by atoms with E-state index >= 15 is 4.79 Å². The molecule has 6 amide bonds. The molecule has 1 aromatic rings. The van der Waals surface area contributed by atoms with E-state index in [-0.39, 0.29) is 49.8 Å². The topological polar surface area (TPSA) is 280 Å². The molecular weight excluding hydrogens is 861 g/mol. The fraction of sp³-hybridized carbons (Fsp3) is 0.711. The first kappa shape index (κ1) is 52.2.